The topological polar surface area (TPSA) is 38.7 Å². The van der Waals surface area contributed by atoms with E-state index in [0.717, 1.165) is 6.42 Å². The number of hydrogen-bond donors (Lipinski definition) is 1. The summed E-state index contributed by atoms with van der Waals surface area (Å²) in [6.07, 6.45) is 24.7. The molecule has 1 aliphatic rings. The standard InChI is InChI=1S/C25H50O3/c1-4-5-6-7-8-9-10-11-12-13-14-15-16-17-18-19-20-21-23-24(22-26)28-25(2,3)27-23/h23-24,26H,4-22H2,1-3H3/t23-,24+/m1/s1. The maximum Gasteiger partial charge on any atom is 0.163 e. The number of ether oxygens (including phenoxy) is 2. The second kappa shape index (κ2) is 16.7. The summed E-state index contributed by atoms with van der Waals surface area (Å²) < 4.78 is 11.6. The molecule has 0 aromatic carbocycles. The van der Waals surface area contributed by atoms with Crippen molar-refractivity contribution in [3.05, 3.63) is 0 Å². The Bertz CT molecular complexity index is 343. The highest BCUT2D eigenvalue weighted by atomic mass is 16.8. The average Bonchev–Trinajstić information content (AvgIpc) is 2.98. The molecule has 0 amide bonds. The van der Waals surface area contributed by atoms with Gasteiger partial charge in [-0.25, -0.2) is 0 Å². The Morgan fingerprint density at radius 1 is 0.571 bits per heavy atom. The van der Waals surface area contributed by atoms with Crippen molar-refractivity contribution in [3.8, 4) is 0 Å². The molecule has 1 saturated heterocycles. The van der Waals surface area contributed by atoms with Crippen molar-refractivity contribution in [1.82, 2.24) is 0 Å². The highest BCUT2D eigenvalue weighted by molar-refractivity contribution is 4.80. The van der Waals surface area contributed by atoms with Crippen molar-refractivity contribution in [3.63, 3.8) is 0 Å². The Balaban J connectivity index is 1.78. The van der Waals surface area contributed by atoms with Gasteiger partial charge in [-0.1, -0.05) is 116 Å². The molecule has 2 atom stereocenters. The fraction of sp³-hybridized carbons (Fsp3) is 1.00. The summed E-state index contributed by atoms with van der Waals surface area (Å²) >= 11 is 0. The number of aliphatic hydroxyl groups is 1. The SMILES string of the molecule is CCCCCCCCCCCCCCCCCCC[C@H]1OC(C)(C)O[C@H]1CO. The number of rotatable bonds is 19. The zero-order valence-electron chi connectivity index (χ0n) is 19.4. The fourth-order valence-corrected chi connectivity index (χ4v) is 4.38. The zero-order chi connectivity index (χ0) is 20.5. The van der Waals surface area contributed by atoms with Crippen LogP contribution in [0.25, 0.3) is 0 Å². The first-order chi connectivity index (χ1) is 13.6. The molecule has 1 rings (SSSR count). The summed E-state index contributed by atoms with van der Waals surface area (Å²) in [5, 5.41) is 9.41. The minimum Gasteiger partial charge on any atom is -0.394 e. The predicted molar refractivity (Wildman–Crippen MR) is 120 cm³/mol. The second-order valence-electron chi connectivity index (χ2n) is 9.34. The molecule has 1 N–H and O–H groups in total. The molecule has 1 fully saturated rings. The Hall–Kier alpha value is -0.120. The van der Waals surface area contributed by atoms with E-state index in [1.54, 1.807) is 0 Å². The molecule has 168 valence electrons. The van der Waals surface area contributed by atoms with Gasteiger partial charge in [0.2, 0.25) is 0 Å². The molecular weight excluding hydrogens is 348 g/mol. The largest absolute Gasteiger partial charge is 0.394 e. The van der Waals surface area contributed by atoms with Gasteiger partial charge in [0.05, 0.1) is 12.7 Å². The lowest BCUT2D eigenvalue weighted by atomic mass is 10.0. The number of aliphatic hydroxyl groups excluding tert-OH is 1. The van der Waals surface area contributed by atoms with Crippen LogP contribution in [0.5, 0.6) is 0 Å². The molecule has 0 bridgehead atoms. The van der Waals surface area contributed by atoms with E-state index in [9.17, 15) is 5.11 Å². The van der Waals surface area contributed by atoms with Crippen LogP contribution in [0, 0.1) is 0 Å². The van der Waals surface area contributed by atoms with Crippen LogP contribution in [-0.4, -0.2) is 29.7 Å². The normalized spacial score (nSPS) is 21.4. The summed E-state index contributed by atoms with van der Waals surface area (Å²) in [4.78, 5) is 0. The monoisotopic (exact) mass is 398 g/mol. The van der Waals surface area contributed by atoms with Crippen LogP contribution in [0.1, 0.15) is 136 Å². The van der Waals surface area contributed by atoms with Crippen LogP contribution < -0.4 is 0 Å². The summed E-state index contributed by atoms with van der Waals surface area (Å²) in [7, 11) is 0. The zero-order valence-corrected chi connectivity index (χ0v) is 19.4. The molecule has 1 aliphatic heterocycles. The molecule has 0 radical (unpaired) electrons. The first-order valence-electron chi connectivity index (χ1n) is 12.6. The van der Waals surface area contributed by atoms with Gasteiger partial charge in [0.1, 0.15) is 6.10 Å². The van der Waals surface area contributed by atoms with Gasteiger partial charge in [0, 0.05) is 0 Å². The predicted octanol–water partition coefficient (Wildman–Crippen LogP) is 7.54. The molecule has 0 aromatic rings. The molecule has 0 spiro atoms. The quantitative estimate of drug-likeness (QED) is 0.228. The van der Waals surface area contributed by atoms with E-state index in [0.29, 0.717) is 0 Å². The summed E-state index contributed by atoms with van der Waals surface area (Å²) in [6.45, 7) is 6.22. The van der Waals surface area contributed by atoms with Crippen molar-refractivity contribution in [2.24, 2.45) is 0 Å². The fourth-order valence-electron chi connectivity index (χ4n) is 4.38. The van der Waals surface area contributed by atoms with Crippen molar-refractivity contribution >= 4 is 0 Å². The minimum atomic E-state index is -0.535. The Labute approximate surface area is 176 Å². The molecule has 3 nitrogen and oxygen atoms in total. The highest BCUT2D eigenvalue weighted by Crippen LogP contribution is 2.30. The van der Waals surface area contributed by atoms with Crippen molar-refractivity contribution in [2.75, 3.05) is 6.61 Å². The average molecular weight is 399 g/mol. The lowest BCUT2D eigenvalue weighted by Crippen LogP contribution is -2.26. The van der Waals surface area contributed by atoms with Crippen molar-refractivity contribution < 1.29 is 14.6 Å². The number of unbranched alkanes of at least 4 members (excludes halogenated alkanes) is 16. The maximum absolute atomic E-state index is 9.41. The van der Waals surface area contributed by atoms with Gasteiger partial charge in [-0.3, -0.25) is 0 Å². The third-order valence-electron chi connectivity index (χ3n) is 6.06. The third kappa shape index (κ3) is 13.2. The van der Waals surface area contributed by atoms with E-state index in [1.807, 2.05) is 13.8 Å². The van der Waals surface area contributed by atoms with E-state index >= 15 is 0 Å². The van der Waals surface area contributed by atoms with Crippen LogP contribution in [0.3, 0.4) is 0 Å². The molecule has 28 heavy (non-hydrogen) atoms. The van der Waals surface area contributed by atoms with Gasteiger partial charge in [0.25, 0.3) is 0 Å². The third-order valence-corrected chi connectivity index (χ3v) is 6.06. The first kappa shape index (κ1) is 25.9. The van der Waals surface area contributed by atoms with Gasteiger partial charge < -0.3 is 14.6 Å². The highest BCUT2D eigenvalue weighted by Gasteiger charge is 2.40. The van der Waals surface area contributed by atoms with Gasteiger partial charge in [-0.05, 0) is 20.3 Å². The molecule has 0 unspecified atom stereocenters. The van der Waals surface area contributed by atoms with Crippen LogP contribution >= 0.6 is 0 Å². The maximum atomic E-state index is 9.41. The summed E-state index contributed by atoms with van der Waals surface area (Å²) in [5.74, 6) is -0.535. The molecule has 0 aromatic heterocycles. The van der Waals surface area contributed by atoms with Gasteiger partial charge in [0.15, 0.2) is 5.79 Å². The molecule has 3 heteroatoms. The van der Waals surface area contributed by atoms with Gasteiger partial charge in [-0.2, -0.15) is 0 Å². The van der Waals surface area contributed by atoms with Crippen molar-refractivity contribution in [2.45, 2.75) is 154 Å². The smallest absolute Gasteiger partial charge is 0.163 e. The Morgan fingerprint density at radius 3 is 1.32 bits per heavy atom. The van der Waals surface area contributed by atoms with Crippen LogP contribution in [0.2, 0.25) is 0 Å². The van der Waals surface area contributed by atoms with E-state index in [4.69, 9.17) is 9.47 Å². The van der Waals surface area contributed by atoms with Crippen molar-refractivity contribution in [1.29, 1.82) is 0 Å². The Kier molecular flexibility index (Phi) is 15.4. The van der Waals surface area contributed by atoms with Crippen LogP contribution in [0.4, 0.5) is 0 Å². The van der Waals surface area contributed by atoms with E-state index in [-0.39, 0.29) is 18.8 Å². The number of hydrogen-bond acceptors (Lipinski definition) is 3. The van der Waals surface area contributed by atoms with Crippen LogP contribution in [0.15, 0.2) is 0 Å². The summed E-state index contributed by atoms with van der Waals surface area (Å²) in [5.41, 5.74) is 0. The lowest BCUT2D eigenvalue weighted by molar-refractivity contribution is -0.149. The van der Waals surface area contributed by atoms with E-state index < -0.39 is 5.79 Å². The molecule has 1 heterocycles. The molecule has 0 aliphatic carbocycles. The van der Waals surface area contributed by atoms with Gasteiger partial charge in [-0.15, -0.1) is 0 Å². The lowest BCUT2D eigenvalue weighted by Gasteiger charge is -2.16. The first-order valence-corrected chi connectivity index (χ1v) is 12.6. The Morgan fingerprint density at radius 2 is 0.929 bits per heavy atom. The molecule has 0 saturated carbocycles. The minimum absolute atomic E-state index is 0.0626. The summed E-state index contributed by atoms with van der Waals surface area (Å²) in [6, 6.07) is 0. The van der Waals surface area contributed by atoms with E-state index in [1.165, 1.54) is 109 Å². The second-order valence-corrected chi connectivity index (χ2v) is 9.34. The molecular formula is C25H50O3. The van der Waals surface area contributed by atoms with Crippen LogP contribution in [-0.2, 0) is 9.47 Å². The van der Waals surface area contributed by atoms with E-state index in [2.05, 4.69) is 6.92 Å². The van der Waals surface area contributed by atoms with Gasteiger partial charge >= 0.3 is 0 Å².